The lowest BCUT2D eigenvalue weighted by molar-refractivity contribution is -0.121. The molecule has 1 amide bonds. The largest absolute Gasteiger partial charge is 0.510 e. The summed E-state index contributed by atoms with van der Waals surface area (Å²) in [5.41, 5.74) is -2.70. The van der Waals surface area contributed by atoms with E-state index in [1.165, 1.54) is 4.57 Å². The molecular weight excluding hydrogens is 466 g/mol. The number of aromatic nitrogens is 2. The minimum absolute atomic E-state index is 0.0386. The van der Waals surface area contributed by atoms with Crippen molar-refractivity contribution in [1.29, 1.82) is 5.26 Å². The maximum atomic E-state index is 15.2. The van der Waals surface area contributed by atoms with E-state index in [1.807, 2.05) is 0 Å². The average molecular weight is 497 g/mol. The highest BCUT2D eigenvalue weighted by Gasteiger charge is 2.34. The van der Waals surface area contributed by atoms with Gasteiger partial charge in [-0.1, -0.05) is 20.8 Å². The molecule has 0 unspecified atom stereocenters. The highest BCUT2D eigenvalue weighted by atomic mass is 19.1. The number of imidazole rings is 1. The lowest BCUT2D eigenvalue weighted by Crippen LogP contribution is -2.40. The first kappa shape index (κ1) is 27.9. The minimum Gasteiger partial charge on any atom is -0.426 e. The standard InChI is InChI=1S/C23H30F2N4O6/c1-22(2,3)8-16(32)28(12-34-21(33)35-14(10-30)11-31)20-27-18-15(24)7-13(9-26)17(25)19(18)29(20)23(4,5)6/h7,14,30-31H,8,10-12H2,1-6H3. The van der Waals surface area contributed by atoms with Crippen LogP contribution in [0.4, 0.5) is 19.5 Å². The van der Waals surface area contributed by atoms with Gasteiger partial charge in [-0.25, -0.2) is 23.5 Å². The number of carbonyl (C=O) groups excluding carboxylic acids is 2. The number of anilines is 1. The van der Waals surface area contributed by atoms with Crippen molar-refractivity contribution in [2.24, 2.45) is 5.41 Å². The van der Waals surface area contributed by atoms with Crippen LogP contribution in [0.2, 0.25) is 0 Å². The maximum Gasteiger partial charge on any atom is 0.510 e. The van der Waals surface area contributed by atoms with E-state index >= 15 is 4.39 Å². The van der Waals surface area contributed by atoms with Crippen LogP contribution in [0, 0.1) is 28.4 Å². The molecule has 12 heteroatoms. The molecule has 0 spiro atoms. The Bertz CT molecular complexity index is 1140. The molecule has 1 aromatic heterocycles. The number of hydrogen-bond acceptors (Lipinski definition) is 8. The fourth-order valence-corrected chi connectivity index (χ4v) is 3.27. The van der Waals surface area contributed by atoms with Crippen LogP contribution in [-0.4, -0.2) is 57.9 Å². The summed E-state index contributed by atoms with van der Waals surface area (Å²) < 4.78 is 41.1. The van der Waals surface area contributed by atoms with Crippen molar-refractivity contribution in [3.05, 3.63) is 23.3 Å². The van der Waals surface area contributed by atoms with E-state index in [4.69, 9.17) is 19.7 Å². The molecule has 0 aliphatic carbocycles. The Morgan fingerprint density at radius 1 is 1.20 bits per heavy atom. The molecule has 2 rings (SSSR count). The second-order valence-electron chi connectivity index (χ2n) is 10.1. The van der Waals surface area contributed by atoms with Crippen molar-refractivity contribution in [2.75, 3.05) is 24.8 Å². The van der Waals surface area contributed by atoms with Crippen LogP contribution in [0.3, 0.4) is 0 Å². The summed E-state index contributed by atoms with van der Waals surface area (Å²) in [7, 11) is 0. The summed E-state index contributed by atoms with van der Waals surface area (Å²) in [5.74, 6) is -2.73. The van der Waals surface area contributed by atoms with Gasteiger partial charge < -0.3 is 24.3 Å². The fraction of sp³-hybridized carbons (Fsp3) is 0.565. The topological polar surface area (TPSA) is 138 Å². The van der Waals surface area contributed by atoms with Gasteiger partial charge in [-0.3, -0.25) is 4.79 Å². The Morgan fingerprint density at radius 2 is 1.80 bits per heavy atom. The number of halogens is 2. The summed E-state index contributed by atoms with van der Waals surface area (Å²) in [4.78, 5) is 30.5. The number of carbonyl (C=O) groups is 2. The second-order valence-corrected chi connectivity index (χ2v) is 10.1. The minimum atomic E-state index is -1.28. The number of benzene rings is 1. The summed E-state index contributed by atoms with van der Waals surface area (Å²) in [6, 6.07) is 2.33. The quantitative estimate of drug-likeness (QED) is 0.440. The van der Waals surface area contributed by atoms with E-state index in [-0.39, 0.29) is 17.9 Å². The predicted molar refractivity (Wildman–Crippen MR) is 121 cm³/mol. The Hall–Kier alpha value is -3.30. The number of aliphatic hydroxyl groups excluding tert-OH is 2. The molecule has 35 heavy (non-hydrogen) atoms. The smallest absolute Gasteiger partial charge is 0.426 e. The second kappa shape index (κ2) is 10.5. The zero-order chi connectivity index (χ0) is 26.7. The van der Waals surface area contributed by atoms with E-state index in [0.29, 0.717) is 0 Å². The summed E-state index contributed by atoms with van der Waals surface area (Å²) in [6.45, 7) is 8.37. The lowest BCUT2D eigenvalue weighted by atomic mass is 9.92. The van der Waals surface area contributed by atoms with E-state index < -0.39 is 71.8 Å². The van der Waals surface area contributed by atoms with Crippen molar-refractivity contribution in [3.63, 3.8) is 0 Å². The Kier molecular flexibility index (Phi) is 8.41. The van der Waals surface area contributed by atoms with Gasteiger partial charge in [0.25, 0.3) is 0 Å². The van der Waals surface area contributed by atoms with E-state index in [9.17, 15) is 19.2 Å². The van der Waals surface area contributed by atoms with Crippen molar-refractivity contribution < 1.29 is 38.1 Å². The number of ether oxygens (including phenoxy) is 2. The third kappa shape index (κ3) is 6.43. The number of nitrogens with zero attached hydrogens (tertiary/aromatic N) is 4. The molecular formula is C23H30F2N4O6. The van der Waals surface area contributed by atoms with Gasteiger partial charge in [-0.15, -0.1) is 0 Å². The van der Waals surface area contributed by atoms with Gasteiger partial charge in [0.15, 0.2) is 24.5 Å². The molecule has 0 aliphatic heterocycles. The molecule has 2 aromatic rings. The first-order valence-corrected chi connectivity index (χ1v) is 10.8. The van der Waals surface area contributed by atoms with Gasteiger partial charge in [0.1, 0.15) is 17.1 Å². The molecule has 0 radical (unpaired) electrons. The Balaban J connectivity index is 2.67. The van der Waals surface area contributed by atoms with Crippen LogP contribution in [0.15, 0.2) is 6.07 Å². The monoisotopic (exact) mass is 496 g/mol. The molecule has 1 aromatic carbocycles. The van der Waals surface area contributed by atoms with Gasteiger partial charge in [0, 0.05) is 12.0 Å². The highest BCUT2D eigenvalue weighted by molar-refractivity contribution is 5.94. The molecule has 0 atom stereocenters. The van der Waals surface area contributed by atoms with Crippen LogP contribution in [0.25, 0.3) is 11.0 Å². The Morgan fingerprint density at radius 3 is 2.29 bits per heavy atom. The van der Waals surface area contributed by atoms with Crippen molar-refractivity contribution in [2.45, 2.75) is 59.6 Å². The van der Waals surface area contributed by atoms with Crippen LogP contribution in [0.5, 0.6) is 0 Å². The van der Waals surface area contributed by atoms with Gasteiger partial charge in [0.05, 0.1) is 18.8 Å². The molecule has 192 valence electrons. The molecule has 1 heterocycles. The average Bonchev–Trinajstić information content (AvgIpc) is 3.15. The summed E-state index contributed by atoms with van der Waals surface area (Å²) in [5, 5.41) is 27.4. The van der Waals surface area contributed by atoms with E-state index in [1.54, 1.807) is 47.6 Å². The van der Waals surface area contributed by atoms with Crippen LogP contribution < -0.4 is 4.90 Å². The normalized spacial score (nSPS) is 12.1. The van der Waals surface area contributed by atoms with Gasteiger partial charge >= 0.3 is 6.16 Å². The van der Waals surface area contributed by atoms with Gasteiger partial charge in [-0.05, 0) is 32.3 Å². The highest BCUT2D eigenvalue weighted by Crippen LogP contribution is 2.35. The molecule has 0 bridgehead atoms. The molecule has 0 saturated heterocycles. The lowest BCUT2D eigenvalue weighted by Gasteiger charge is -2.30. The molecule has 0 saturated carbocycles. The van der Waals surface area contributed by atoms with Crippen molar-refractivity contribution >= 4 is 29.0 Å². The summed E-state index contributed by atoms with van der Waals surface area (Å²) in [6.07, 6.45) is -2.55. The van der Waals surface area contributed by atoms with Crippen molar-refractivity contribution in [3.8, 4) is 6.07 Å². The number of hydrogen-bond donors (Lipinski definition) is 2. The first-order chi connectivity index (χ1) is 16.1. The number of fused-ring (bicyclic) bond motifs is 1. The zero-order valence-electron chi connectivity index (χ0n) is 20.6. The predicted octanol–water partition coefficient (Wildman–Crippen LogP) is 3.17. The van der Waals surface area contributed by atoms with Crippen molar-refractivity contribution in [1.82, 2.24) is 9.55 Å². The Labute approximate surface area is 201 Å². The molecule has 10 nitrogen and oxygen atoms in total. The van der Waals surface area contributed by atoms with Crippen LogP contribution in [-0.2, 0) is 19.8 Å². The maximum absolute atomic E-state index is 15.2. The molecule has 0 fully saturated rings. The number of rotatable bonds is 7. The molecule has 2 N–H and O–H groups in total. The number of nitriles is 1. The van der Waals surface area contributed by atoms with E-state index in [2.05, 4.69) is 4.98 Å². The van der Waals surface area contributed by atoms with E-state index in [0.717, 1.165) is 11.0 Å². The van der Waals surface area contributed by atoms with Gasteiger partial charge in [0.2, 0.25) is 11.9 Å². The van der Waals surface area contributed by atoms with Crippen LogP contribution in [0.1, 0.15) is 53.5 Å². The third-order valence-electron chi connectivity index (χ3n) is 4.80. The SMILES string of the molecule is CC(C)(C)CC(=O)N(COC(=O)OC(CO)CO)c1nc2c(F)cc(C#N)c(F)c2n1C(C)(C)C. The fourth-order valence-electron chi connectivity index (χ4n) is 3.27. The summed E-state index contributed by atoms with van der Waals surface area (Å²) >= 11 is 0. The number of aliphatic hydroxyl groups is 2. The third-order valence-corrected chi connectivity index (χ3v) is 4.80. The zero-order valence-corrected chi connectivity index (χ0v) is 20.6. The first-order valence-electron chi connectivity index (χ1n) is 10.8. The van der Waals surface area contributed by atoms with Crippen LogP contribution >= 0.6 is 0 Å². The molecule has 0 aliphatic rings. The van der Waals surface area contributed by atoms with Gasteiger partial charge in [-0.2, -0.15) is 5.26 Å². The number of amides is 1.